The van der Waals surface area contributed by atoms with Crippen molar-refractivity contribution in [1.29, 1.82) is 0 Å². The largest absolute Gasteiger partial charge is 0.455 e. The fourth-order valence-corrected chi connectivity index (χ4v) is 6.39. The lowest BCUT2D eigenvalue weighted by molar-refractivity contribution is 0.0131. The number of pyridine rings is 1. The van der Waals surface area contributed by atoms with E-state index in [2.05, 4.69) is 5.32 Å². The van der Waals surface area contributed by atoms with Gasteiger partial charge < -0.3 is 24.1 Å². The number of aromatic nitrogens is 1. The number of benzene rings is 3. The second kappa shape index (κ2) is 14.0. The van der Waals surface area contributed by atoms with Crippen molar-refractivity contribution in [3.05, 3.63) is 101 Å². The zero-order valence-corrected chi connectivity index (χ0v) is 28.8. The number of sulfonamides is 1. The van der Waals surface area contributed by atoms with Gasteiger partial charge in [0.15, 0.2) is 0 Å². The van der Waals surface area contributed by atoms with Gasteiger partial charge in [-0.25, -0.2) is 27.2 Å². The number of nitrogens with zero attached hydrogens (tertiary/aromatic N) is 4. The quantitative estimate of drug-likeness (QED) is 0.186. The van der Waals surface area contributed by atoms with Crippen LogP contribution in [-0.2, 0) is 26.1 Å². The number of amidine groups is 1. The van der Waals surface area contributed by atoms with E-state index in [1.807, 2.05) is 11.8 Å². The maximum atomic E-state index is 13.8. The van der Waals surface area contributed by atoms with E-state index in [1.54, 1.807) is 43.5 Å². The normalized spacial score (nSPS) is 14.1. The number of aliphatic imine (C=N–C) groups is 1. The first kappa shape index (κ1) is 34.7. The van der Waals surface area contributed by atoms with Gasteiger partial charge >= 0.3 is 0 Å². The number of anilines is 1. The van der Waals surface area contributed by atoms with Gasteiger partial charge in [-0.15, -0.1) is 0 Å². The van der Waals surface area contributed by atoms with E-state index < -0.39 is 21.7 Å². The van der Waals surface area contributed by atoms with E-state index in [9.17, 15) is 22.0 Å². The van der Waals surface area contributed by atoms with Gasteiger partial charge in [0.25, 0.3) is 5.91 Å². The van der Waals surface area contributed by atoms with Crippen molar-refractivity contribution in [2.75, 3.05) is 45.1 Å². The molecular weight excluding hydrogens is 668 g/mol. The van der Waals surface area contributed by atoms with Crippen molar-refractivity contribution in [1.82, 2.24) is 15.2 Å². The molecule has 3 aromatic carbocycles. The molecule has 14 heteroatoms. The van der Waals surface area contributed by atoms with Crippen LogP contribution in [0.4, 0.5) is 20.2 Å². The third kappa shape index (κ3) is 6.82. The summed E-state index contributed by atoms with van der Waals surface area (Å²) < 4.78 is 72.0. The molecule has 0 aliphatic carbocycles. The summed E-state index contributed by atoms with van der Waals surface area (Å²) in [7, 11) is 0.736. The molecule has 260 valence electrons. The van der Waals surface area contributed by atoms with Crippen LogP contribution < -0.4 is 9.62 Å². The molecule has 1 unspecified atom stereocenters. The highest BCUT2D eigenvalue weighted by molar-refractivity contribution is 7.92. The molecule has 0 radical (unpaired) electrons. The van der Waals surface area contributed by atoms with Crippen molar-refractivity contribution >= 4 is 44.1 Å². The average molecular weight is 704 g/mol. The Bertz CT molecular complexity index is 2210. The maximum Gasteiger partial charge on any atom is 0.255 e. The van der Waals surface area contributed by atoms with Gasteiger partial charge in [-0.3, -0.25) is 9.10 Å². The van der Waals surface area contributed by atoms with Crippen LogP contribution in [0.1, 0.15) is 34.6 Å². The van der Waals surface area contributed by atoms with Crippen LogP contribution in [0.5, 0.6) is 0 Å². The Balaban J connectivity index is 1.48. The van der Waals surface area contributed by atoms with Crippen molar-refractivity contribution in [3.63, 3.8) is 0 Å². The Morgan fingerprint density at radius 1 is 1.06 bits per heavy atom. The summed E-state index contributed by atoms with van der Waals surface area (Å²) in [6.07, 6.45) is 1.08. The van der Waals surface area contributed by atoms with E-state index in [1.165, 1.54) is 50.5 Å². The Kier molecular flexibility index (Phi) is 9.69. The molecule has 50 heavy (non-hydrogen) atoms. The summed E-state index contributed by atoms with van der Waals surface area (Å²) in [5, 5.41) is 3.04. The number of halogens is 2. The summed E-state index contributed by atoms with van der Waals surface area (Å²) in [5.74, 6) is -0.418. The van der Waals surface area contributed by atoms with Gasteiger partial charge in [0.1, 0.15) is 35.5 Å². The van der Waals surface area contributed by atoms with Crippen LogP contribution in [-0.4, -0.2) is 70.8 Å². The highest BCUT2D eigenvalue weighted by Crippen LogP contribution is 2.41. The number of ether oxygens (including phenoxy) is 2. The number of hydrogen-bond donors (Lipinski definition) is 1. The first-order valence-corrected chi connectivity index (χ1v) is 17.4. The molecule has 1 atom stereocenters. The minimum atomic E-state index is -3.76. The molecule has 1 amide bonds. The molecule has 11 nitrogen and oxygen atoms in total. The summed E-state index contributed by atoms with van der Waals surface area (Å²) in [4.78, 5) is 24.9. The number of fused-ring (bicyclic) bond motifs is 2. The zero-order chi connectivity index (χ0) is 35.7. The second-order valence-electron chi connectivity index (χ2n) is 11.8. The number of furan rings is 1. The Morgan fingerprint density at radius 2 is 1.74 bits per heavy atom. The number of hydrogen-bond acceptors (Lipinski definition) is 9. The molecule has 3 heterocycles. The van der Waals surface area contributed by atoms with E-state index >= 15 is 0 Å². The van der Waals surface area contributed by atoms with Crippen molar-refractivity contribution in [3.8, 4) is 22.6 Å². The van der Waals surface area contributed by atoms with Crippen LogP contribution in [0.3, 0.4) is 0 Å². The average Bonchev–Trinajstić information content (AvgIpc) is 3.46. The fourth-order valence-electron chi connectivity index (χ4n) is 5.88. The highest BCUT2D eigenvalue weighted by Gasteiger charge is 2.28. The summed E-state index contributed by atoms with van der Waals surface area (Å²) >= 11 is 0. The predicted octanol–water partition coefficient (Wildman–Crippen LogP) is 6.42. The molecule has 0 bridgehead atoms. The first-order valence-electron chi connectivity index (χ1n) is 15.6. The molecule has 0 saturated carbocycles. The Labute approximate surface area is 288 Å². The van der Waals surface area contributed by atoms with Gasteiger partial charge in [0.2, 0.25) is 10.0 Å². The monoisotopic (exact) mass is 703 g/mol. The SMILES string of the molecule is CNC(=O)c1c(-c2ccc(F)cc2)oc2cc(N(C)S(C)(=O)=O)c(-c3ccc4c(n3)COCN(C(COC)c3ccc(F)cc3)C(C)=N4)cc12. The molecular formula is C36H35F2N5O6S. The third-order valence-electron chi connectivity index (χ3n) is 8.55. The standard InChI is InChI=1S/C36H35F2N5O6S/c1-21-40-29-15-14-28(41-30(29)18-48-20-43(21)32(19-47-4)22-6-10-24(37)11-7-22)26-16-27-33(17-31(26)42(3)50(5,45)46)49-35(34(27)36(44)39-2)23-8-12-25(38)13-9-23/h6-17,32H,18-20H2,1-5H3,(H,39,44). The molecule has 6 rings (SSSR count). The molecule has 1 aliphatic rings. The van der Waals surface area contributed by atoms with Gasteiger partial charge in [-0.2, -0.15) is 0 Å². The summed E-state index contributed by atoms with van der Waals surface area (Å²) in [6.45, 7) is 2.35. The van der Waals surface area contributed by atoms with Crippen molar-refractivity contribution < 1.29 is 35.9 Å². The predicted molar refractivity (Wildman–Crippen MR) is 187 cm³/mol. The lowest BCUT2D eigenvalue weighted by atomic mass is 10.0. The van der Waals surface area contributed by atoms with Gasteiger partial charge in [-0.1, -0.05) is 12.1 Å². The summed E-state index contributed by atoms with van der Waals surface area (Å²) in [5.41, 5.74) is 3.86. The number of rotatable bonds is 9. The number of amides is 1. The smallest absolute Gasteiger partial charge is 0.255 e. The minimum Gasteiger partial charge on any atom is -0.455 e. The molecule has 0 fully saturated rings. The summed E-state index contributed by atoms with van der Waals surface area (Å²) in [6, 6.07) is 18.1. The molecule has 0 saturated heterocycles. The van der Waals surface area contributed by atoms with E-state index in [4.69, 9.17) is 23.9 Å². The van der Waals surface area contributed by atoms with Crippen molar-refractivity contribution in [2.45, 2.75) is 19.6 Å². The lowest BCUT2D eigenvalue weighted by Crippen LogP contribution is -2.38. The first-order chi connectivity index (χ1) is 23.9. The Hall–Kier alpha value is -5.18. The highest BCUT2D eigenvalue weighted by atomic mass is 32.2. The topological polar surface area (TPSA) is 127 Å². The van der Waals surface area contributed by atoms with Crippen molar-refractivity contribution in [2.24, 2.45) is 4.99 Å². The zero-order valence-electron chi connectivity index (χ0n) is 28.0. The van der Waals surface area contributed by atoms with Crippen LogP contribution in [0.15, 0.2) is 82.2 Å². The molecule has 1 N–H and O–H groups in total. The number of methoxy groups -OCH3 is 1. The van der Waals surface area contributed by atoms with Gasteiger partial charge in [0.05, 0.1) is 53.8 Å². The van der Waals surface area contributed by atoms with Crippen LogP contribution >= 0.6 is 0 Å². The van der Waals surface area contributed by atoms with Gasteiger partial charge in [0, 0.05) is 43.8 Å². The van der Waals surface area contributed by atoms with Crippen LogP contribution in [0, 0.1) is 11.6 Å². The molecule has 0 spiro atoms. The number of carbonyl (C=O) groups excluding carboxylic acids is 1. The number of carbonyl (C=O) groups is 1. The Morgan fingerprint density at radius 3 is 2.38 bits per heavy atom. The maximum absolute atomic E-state index is 13.8. The van der Waals surface area contributed by atoms with E-state index in [-0.39, 0.29) is 47.8 Å². The lowest BCUT2D eigenvalue weighted by Gasteiger charge is -2.34. The number of nitrogens with one attached hydrogen (secondary N) is 1. The molecule has 2 aromatic heterocycles. The molecule has 1 aliphatic heterocycles. The minimum absolute atomic E-state index is 0.0724. The van der Waals surface area contributed by atoms with Gasteiger partial charge in [-0.05, 0) is 67.1 Å². The van der Waals surface area contributed by atoms with Crippen LogP contribution in [0.2, 0.25) is 0 Å². The third-order valence-corrected chi connectivity index (χ3v) is 9.74. The van der Waals surface area contributed by atoms with E-state index in [0.29, 0.717) is 46.0 Å². The molecule has 5 aromatic rings. The van der Waals surface area contributed by atoms with Crippen LogP contribution in [0.25, 0.3) is 33.6 Å². The fraction of sp³-hybridized carbons (Fsp3) is 0.250. The van der Waals surface area contributed by atoms with E-state index in [0.717, 1.165) is 16.1 Å². The second-order valence-corrected chi connectivity index (χ2v) is 13.8.